The first-order valence-corrected chi connectivity index (χ1v) is 11.3. The molecule has 4 heterocycles. The summed E-state index contributed by atoms with van der Waals surface area (Å²) in [4.78, 5) is 21.9. The van der Waals surface area contributed by atoms with Crippen molar-refractivity contribution in [1.82, 2.24) is 29.4 Å². The van der Waals surface area contributed by atoms with E-state index in [0.29, 0.717) is 17.0 Å². The maximum atomic E-state index is 12.8. The van der Waals surface area contributed by atoms with Gasteiger partial charge in [-0.25, -0.2) is 14.2 Å². The van der Waals surface area contributed by atoms with Gasteiger partial charge in [0.05, 0.1) is 35.8 Å². The number of rotatable bonds is 5. The number of aromatic nitrogens is 6. The summed E-state index contributed by atoms with van der Waals surface area (Å²) >= 11 is 0. The molecule has 0 aliphatic heterocycles. The average Bonchev–Trinajstić information content (AvgIpc) is 3.49. The van der Waals surface area contributed by atoms with Crippen molar-refractivity contribution in [3.05, 3.63) is 96.7 Å². The molecule has 0 saturated heterocycles. The molecule has 0 saturated carbocycles. The standard InChI is InChI=1S/C27H21N7O2/c1-17-20-15-29-22(21-16-30-33-12-6-11-28-26(21)33)14-24(20)34(32-17)23-10-9-18(13-25(23)36-2)27(35)31-19-7-4-3-5-8-19/h3-16H,1-2H3,(H,31,35). The molecule has 0 unspecified atom stereocenters. The van der Waals surface area contributed by atoms with Gasteiger partial charge in [-0.05, 0) is 49.4 Å². The Morgan fingerprint density at radius 2 is 1.86 bits per heavy atom. The number of carbonyl (C=O) groups is 1. The van der Waals surface area contributed by atoms with E-state index < -0.39 is 0 Å². The summed E-state index contributed by atoms with van der Waals surface area (Å²) in [5.41, 5.74) is 5.87. The first-order chi connectivity index (χ1) is 17.6. The van der Waals surface area contributed by atoms with Crippen LogP contribution in [0.25, 0.3) is 33.5 Å². The van der Waals surface area contributed by atoms with E-state index in [9.17, 15) is 4.79 Å². The van der Waals surface area contributed by atoms with Gasteiger partial charge in [-0.2, -0.15) is 10.2 Å². The molecule has 6 rings (SSSR count). The number of nitrogens with one attached hydrogen (secondary N) is 1. The lowest BCUT2D eigenvalue weighted by molar-refractivity contribution is 0.102. The van der Waals surface area contributed by atoms with Crippen molar-refractivity contribution in [3.63, 3.8) is 0 Å². The number of anilines is 1. The summed E-state index contributed by atoms with van der Waals surface area (Å²) in [5, 5.41) is 12.9. The van der Waals surface area contributed by atoms with Gasteiger partial charge in [0, 0.05) is 35.2 Å². The summed E-state index contributed by atoms with van der Waals surface area (Å²) in [7, 11) is 1.58. The van der Waals surface area contributed by atoms with Gasteiger partial charge in [0.2, 0.25) is 0 Å². The van der Waals surface area contributed by atoms with E-state index in [-0.39, 0.29) is 5.91 Å². The van der Waals surface area contributed by atoms with Crippen LogP contribution in [0.1, 0.15) is 16.1 Å². The lowest BCUT2D eigenvalue weighted by atomic mass is 10.1. The predicted octanol–water partition coefficient (Wildman–Crippen LogP) is 4.70. The van der Waals surface area contributed by atoms with Gasteiger partial charge < -0.3 is 10.1 Å². The zero-order valence-electron chi connectivity index (χ0n) is 19.6. The maximum absolute atomic E-state index is 12.8. The molecule has 0 fully saturated rings. The van der Waals surface area contributed by atoms with Crippen LogP contribution in [0.4, 0.5) is 5.69 Å². The minimum absolute atomic E-state index is 0.223. The molecule has 9 heteroatoms. The molecule has 1 N–H and O–H groups in total. The van der Waals surface area contributed by atoms with E-state index in [2.05, 4.69) is 20.4 Å². The number of benzene rings is 2. The number of pyridine rings is 1. The van der Waals surface area contributed by atoms with Gasteiger partial charge >= 0.3 is 0 Å². The van der Waals surface area contributed by atoms with Crippen LogP contribution >= 0.6 is 0 Å². The second-order valence-corrected chi connectivity index (χ2v) is 8.24. The zero-order chi connectivity index (χ0) is 24.6. The molecule has 0 aliphatic carbocycles. The highest BCUT2D eigenvalue weighted by Crippen LogP contribution is 2.31. The number of methoxy groups -OCH3 is 1. The number of amides is 1. The first-order valence-electron chi connectivity index (χ1n) is 11.3. The van der Waals surface area contributed by atoms with Crippen molar-refractivity contribution in [3.8, 4) is 22.7 Å². The van der Waals surface area contributed by atoms with Crippen LogP contribution in [0.2, 0.25) is 0 Å². The molecule has 0 bridgehead atoms. The molecular weight excluding hydrogens is 454 g/mol. The number of para-hydroxylation sites is 1. The van der Waals surface area contributed by atoms with Crippen LogP contribution in [0.5, 0.6) is 5.75 Å². The van der Waals surface area contributed by atoms with Gasteiger partial charge in [0.15, 0.2) is 5.65 Å². The summed E-state index contributed by atoms with van der Waals surface area (Å²) in [5.74, 6) is 0.302. The van der Waals surface area contributed by atoms with Crippen LogP contribution in [0, 0.1) is 6.92 Å². The summed E-state index contributed by atoms with van der Waals surface area (Å²) in [6, 6.07) is 18.4. The molecule has 36 heavy (non-hydrogen) atoms. The summed E-state index contributed by atoms with van der Waals surface area (Å²) < 4.78 is 9.21. The van der Waals surface area contributed by atoms with E-state index in [0.717, 1.165) is 39.2 Å². The third kappa shape index (κ3) is 3.63. The lowest BCUT2D eigenvalue weighted by Gasteiger charge is -2.12. The number of aryl methyl sites for hydroxylation is 1. The van der Waals surface area contributed by atoms with E-state index in [1.54, 1.807) is 36.2 Å². The Balaban J connectivity index is 1.42. The van der Waals surface area contributed by atoms with Crippen LogP contribution in [0.3, 0.4) is 0 Å². The van der Waals surface area contributed by atoms with Crippen LogP contribution < -0.4 is 10.1 Å². The molecule has 1 amide bonds. The van der Waals surface area contributed by atoms with Gasteiger partial charge in [-0.1, -0.05) is 18.2 Å². The molecule has 9 nitrogen and oxygen atoms in total. The highest BCUT2D eigenvalue weighted by Gasteiger charge is 2.18. The third-order valence-corrected chi connectivity index (χ3v) is 6.01. The van der Waals surface area contributed by atoms with Crippen molar-refractivity contribution in [2.75, 3.05) is 12.4 Å². The first kappa shape index (κ1) is 21.5. The van der Waals surface area contributed by atoms with Gasteiger partial charge in [0.25, 0.3) is 5.91 Å². The topological polar surface area (TPSA) is 99.2 Å². The minimum atomic E-state index is -0.223. The highest BCUT2D eigenvalue weighted by atomic mass is 16.5. The van der Waals surface area contributed by atoms with Crippen LogP contribution in [0.15, 0.2) is 85.5 Å². The second-order valence-electron chi connectivity index (χ2n) is 8.24. The second kappa shape index (κ2) is 8.62. The van der Waals surface area contributed by atoms with Crippen LogP contribution in [-0.4, -0.2) is 42.4 Å². The maximum Gasteiger partial charge on any atom is 0.255 e. The fraction of sp³-hybridized carbons (Fsp3) is 0.0741. The largest absolute Gasteiger partial charge is 0.494 e. The van der Waals surface area contributed by atoms with Crippen molar-refractivity contribution in [1.29, 1.82) is 0 Å². The molecule has 0 spiro atoms. The molecule has 176 valence electrons. The number of carbonyl (C=O) groups excluding carboxylic acids is 1. The van der Waals surface area contributed by atoms with Gasteiger partial charge in [-0.15, -0.1) is 0 Å². The number of nitrogens with zero attached hydrogens (tertiary/aromatic N) is 6. The fourth-order valence-corrected chi connectivity index (χ4v) is 4.21. The summed E-state index contributed by atoms with van der Waals surface area (Å²) in [6.07, 6.45) is 7.14. The van der Waals surface area contributed by atoms with Crippen molar-refractivity contribution in [2.45, 2.75) is 6.92 Å². The van der Waals surface area contributed by atoms with E-state index in [1.807, 2.05) is 72.5 Å². The number of hydrogen-bond donors (Lipinski definition) is 1. The molecular formula is C27H21N7O2. The zero-order valence-corrected chi connectivity index (χ0v) is 19.6. The molecule has 0 radical (unpaired) electrons. The fourth-order valence-electron chi connectivity index (χ4n) is 4.21. The van der Waals surface area contributed by atoms with Crippen molar-refractivity contribution in [2.24, 2.45) is 0 Å². The SMILES string of the molecule is COc1cc(C(=O)Nc2ccccc2)ccc1-n1nc(C)c2cnc(-c3cnn4cccnc34)cc21. The lowest BCUT2D eigenvalue weighted by Crippen LogP contribution is -2.12. The average molecular weight is 476 g/mol. The predicted molar refractivity (Wildman–Crippen MR) is 137 cm³/mol. The van der Waals surface area contributed by atoms with Gasteiger partial charge in [-0.3, -0.25) is 9.78 Å². The Hall–Kier alpha value is -5.05. The number of hydrogen-bond acceptors (Lipinski definition) is 6. The smallest absolute Gasteiger partial charge is 0.255 e. The Labute approximate surface area is 206 Å². The molecule has 2 aromatic carbocycles. The quantitative estimate of drug-likeness (QED) is 0.388. The van der Waals surface area contributed by atoms with Crippen LogP contribution in [-0.2, 0) is 0 Å². The molecule has 4 aromatic heterocycles. The number of fused-ring (bicyclic) bond motifs is 2. The van der Waals surface area contributed by atoms with Crippen molar-refractivity contribution < 1.29 is 9.53 Å². The Kier molecular flexibility index (Phi) is 5.15. The molecule has 6 aromatic rings. The van der Waals surface area contributed by atoms with E-state index >= 15 is 0 Å². The Morgan fingerprint density at radius 1 is 1.00 bits per heavy atom. The Bertz CT molecular complexity index is 1740. The molecule has 0 atom stereocenters. The monoisotopic (exact) mass is 475 g/mol. The third-order valence-electron chi connectivity index (χ3n) is 6.01. The van der Waals surface area contributed by atoms with Gasteiger partial charge in [0.1, 0.15) is 11.4 Å². The minimum Gasteiger partial charge on any atom is -0.494 e. The summed E-state index contributed by atoms with van der Waals surface area (Å²) in [6.45, 7) is 1.94. The van der Waals surface area contributed by atoms with E-state index in [4.69, 9.17) is 9.84 Å². The Morgan fingerprint density at radius 3 is 2.69 bits per heavy atom. The normalized spacial score (nSPS) is 11.2. The highest BCUT2D eigenvalue weighted by molar-refractivity contribution is 6.04. The van der Waals surface area contributed by atoms with E-state index in [1.165, 1.54) is 0 Å². The number of ether oxygens (including phenoxy) is 1. The molecule has 0 aliphatic rings. The van der Waals surface area contributed by atoms with Crippen molar-refractivity contribution >= 4 is 28.1 Å².